The Labute approximate surface area is 58.2 Å². The van der Waals surface area contributed by atoms with Crippen molar-refractivity contribution in [2.75, 3.05) is 0 Å². The second-order valence-electron chi connectivity index (χ2n) is 1.78. The summed E-state index contributed by atoms with van der Waals surface area (Å²) in [5, 5.41) is 7.12. The van der Waals surface area contributed by atoms with E-state index in [9.17, 15) is 0 Å². The molecule has 1 aliphatic heterocycles. The molecule has 0 saturated heterocycles. The van der Waals surface area contributed by atoms with Crippen molar-refractivity contribution in [1.29, 1.82) is 5.41 Å². The molecule has 46 valence electrons. The molecule has 1 rings (SSSR count). The molecule has 9 heavy (non-hydrogen) atoms. The zero-order valence-corrected chi connectivity index (χ0v) is 7.06. The van der Waals surface area contributed by atoms with Gasteiger partial charge in [0.1, 0.15) is 0 Å². The molecule has 0 unspecified atom stereocenters. The van der Waals surface area contributed by atoms with Crippen LogP contribution in [0.3, 0.4) is 0 Å². The van der Waals surface area contributed by atoms with Gasteiger partial charge in [-0.3, -0.25) is 0 Å². The van der Waals surface area contributed by atoms with Crippen molar-refractivity contribution in [3.8, 4) is 0 Å². The van der Waals surface area contributed by atoms with Crippen LogP contribution in [0.4, 0.5) is 0 Å². The standard InChI is InChI=1S/C6H8GeN2/c8-6(9)7-4-2-1-3-5-7/h1-5H,(H3,8,9). The molecule has 2 nitrogen and oxygen atoms in total. The summed E-state index contributed by atoms with van der Waals surface area (Å²) in [5.74, 6) is 0. The number of rotatable bonds is 1. The monoisotopic (exact) mass is 182 g/mol. The summed E-state index contributed by atoms with van der Waals surface area (Å²) in [4.78, 5) is 4.12. The van der Waals surface area contributed by atoms with Crippen molar-refractivity contribution >= 4 is 23.4 Å². The van der Waals surface area contributed by atoms with Gasteiger partial charge in [0.15, 0.2) is 0 Å². The maximum atomic E-state index is 7.12. The van der Waals surface area contributed by atoms with Crippen molar-refractivity contribution in [2.45, 2.75) is 0 Å². The molecule has 0 atom stereocenters. The molecule has 0 aromatic carbocycles. The number of amidine groups is 1. The van der Waals surface area contributed by atoms with Crippen molar-refractivity contribution in [3.63, 3.8) is 0 Å². The molecule has 1 heterocycles. The Hall–Kier alpha value is -0.637. The first-order chi connectivity index (χ1) is 4.30. The van der Waals surface area contributed by atoms with Crippen molar-refractivity contribution in [2.24, 2.45) is 5.73 Å². The third-order valence-electron chi connectivity index (χ3n) is 1.08. The zero-order chi connectivity index (χ0) is 6.69. The number of nitrogens with two attached hydrogens (primary N) is 1. The van der Waals surface area contributed by atoms with Crippen LogP contribution in [0, 0.1) is 5.41 Å². The molecule has 0 amide bonds. The number of hydrogen-bond donors (Lipinski definition) is 2. The Balaban J connectivity index is 2.84. The fraction of sp³-hybridized carbons (Fsp3) is 0. The van der Waals surface area contributed by atoms with E-state index in [2.05, 4.69) is 9.76 Å². The molecule has 0 radical (unpaired) electrons. The van der Waals surface area contributed by atoms with Gasteiger partial charge in [-0.1, -0.05) is 0 Å². The second kappa shape index (κ2) is 2.78. The Morgan fingerprint density at radius 2 is 2.11 bits per heavy atom. The van der Waals surface area contributed by atoms with Crippen LogP contribution < -0.4 is 5.73 Å². The summed E-state index contributed by atoms with van der Waals surface area (Å²) < 4.78 is 0.371. The van der Waals surface area contributed by atoms with Gasteiger partial charge in [0.2, 0.25) is 0 Å². The van der Waals surface area contributed by atoms with Crippen LogP contribution in [-0.4, -0.2) is 23.4 Å². The minimum atomic E-state index is -1.48. The molecule has 0 bridgehead atoms. The number of nitrogens with one attached hydrogen (secondary N) is 1. The summed E-state index contributed by atoms with van der Waals surface area (Å²) >= 11 is -1.48. The molecule has 0 aliphatic carbocycles. The van der Waals surface area contributed by atoms with Crippen LogP contribution in [-0.2, 0) is 0 Å². The topological polar surface area (TPSA) is 49.9 Å². The van der Waals surface area contributed by atoms with Gasteiger partial charge in [0.05, 0.1) is 0 Å². The SMILES string of the molecule is N=[C](N)[Ge]1=[CH]C=CC=[CH]1. The first-order valence-corrected chi connectivity index (χ1v) is 6.17. The molecular formula is C6H8GeN2. The van der Waals surface area contributed by atoms with Gasteiger partial charge in [0, 0.05) is 0 Å². The second-order valence-corrected chi connectivity index (χ2v) is 6.22. The minimum absolute atomic E-state index is 0.371. The van der Waals surface area contributed by atoms with Crippen molar-refractivity contribution < 1.29 is 0 Å². The first-order valence-electron chi connectivity index (χ1n) is 2.70. The maximum absolute atomic E-state index is 7.12. The van der Waals surface area contributed by atoms with E-state index in [4.69, 9.17) is 11.1 Å². The molecule has 1 aliphatic rings. The average Bonchev–Trinajstić information content (AvgIpc) is 1.90. The fourth-order valence-electron chi connectivity index (χ4n) is 0.618. The summed E-state index contributed by atoms with van der Waals surface area (Å²) in [6, 6.07) is 0. The van der Waals surface area contributed by atoms with E-state index in [-0.39, 0.29) is 0 Å². The average molecular weight is 181 g/mol. The molecule has 0 spiro atoms. The molecule has 3 heteroatoms. The van der Waals surface area contributed by atoms with Gasteiger partial charge in [0.25, 0.3) is 0 Å². The van der Waals surface area contributed by atoms with Gasteiger partial charge in [-0.05, 0) is 0 Å². The Morgan fingerprint density at radius 1 is 1.33 bits per heavy atom. The third-order valence-corrected chi connectivity index (χ3v) is 4.70. The van der Waals surface area contributed by atoms with Gasteiger partial charge < -0.3 is 0 Å². The Kier molecular flexibility index (Phi) is 2.00. The third kappa shape index (κ3) is 1.64. The Morgan fingerprint density at radius 3 is 2.44 bits per heavy atom. The van der Waals surface area contributed by atoms with Gasteiger partial charge in [-0.25, -0.2) is 0 Å². The summed E-state index contributed by atoms with van der Waals surface area (Å²) in [6.07, 6.45) is 5.90. The normalized spacial score (nSPS) is 15.3. The molecule has 0 fully saturated rings. The number of allylic oxidation sites excluding steroid dienone is 3. The Bertz CT molecular complexity index is 213. The van der Waals surface area contributed by atoms with Crippen molar-refractivity contribution in [3.05, 3.63) is 23.1 Å². The van der Waals surface area contributed by atoms with E-state index in [1.165, 1.54) is 0 Å². The van der Waals surface area contributed by atoms with Crippen LogP contribution in [0.5, 0.6) is 0 Å². The van der Waals surface area contributed by atoms with Crippen LogP contribution in [0.25, 0.3) is 0 Å². The van der Waals surface area contributed by atoms with Crippen LogP contribution in [0.1, 0.15) is 0 Å². The van der Waals surface area contributed by atoms with E-state index in [1.807, 2.05) is 18.2 Å². The zero-order valence-electron chi connectivity index (χ0n) is 4.96. The molecular weight excluding hydrogens is 173 g/mol. The van der Waals surface area contributed by atoms with Gasteiger partial charge in [-0.2, -0.15) is 0 Å². The molecule has 0 aromatic heterocycles. The van der Waals surface area contributed by atoms with E-state index in [0.29, 0.717) is 4.67 Å². The quantitative estimate of drug-likeness (QED) is 0.333. The van der Waals surface area contributed by atoms with Crippen LogP contribution >= 0.6 is 0 Å². The summed E-state index contributed by atoms with van der Waals surface area (Å²) in [7, 11) is 0. The number of hydrogen-bond acceptors (Lipinski definition) is 1. The van der Waals surface area contributed by atoms with Crippen molar-refractivity contribution in [1.82, 2.24) is 0 Å². The molecule has 0 aromatic rings. The van der Waals surface area contributed by atoms with Gasteiger partial charge >= 0.3 is 57.7 Å². The van der Waals surface area contributed by atoms with E-state index in [1.54, 1.807) is 0 Å². The van der Waals surface area contributed by atoms with Gasteiger partial charge in [-0.15, -0.1) is 0 Å². The molecule has 0 saturated carbocycles. The van der Waals surface area contributed by atoms with E-state index in [0.717, 1.165) is 0 Å². The predicted octanol–water partition coefficient (Wildman–Crippen LogP) is 0.00547. The molecule has 3 N–H and O–H groups in total. The summed E-state index contributed by atoms with van der Waals surface area (Å²) in [6.45, 7) is 0. The van der Waals surface area contributed by atoms with Crippen LogP contribution in [0.15, 0.2) is 23.1 Å². The predicted molar refractivity (Wildman–Crippen MR) is 42.0 cm³/mol. The fourth-order valence-corrected chi connectivity index (χ4v) is 2.94. The van der Waals surface area contributed by atoms with E-state index >= 15 is 0 Å². The van der Waals surface area contributed by atoms with Crippen LogP contribution in [0.2, 0.25) is 0 Å². The first kappa shape index (κ1) is 6.48. The van der Waals surface area contributed by atoms with E-state index < -0.39 is 13.9 Å². The summed E-state index contributed by atoms with van der Waals surface area (Å²) in [5.41, 5.74) is 5.31.